The van der Waals surface area contributed by atoms with Crippen molar-refractivity contribution in [2.24, 2.45) is 0 Å². The molecule has 0 aliphatic heterocycles. The monoisotopic (exact) mass is 302 g/mol. The Balaban J connectivity index is 2.31. The van der Waals surface area contributed by atoms with E-state index in [1.807, 2.05) is 18.2 Å². The first-order valence-corrected chi connectivity index (χ1v) is 7.57. The van der Waals surface area contributed by atoms with Gasteiger partial charge in [-0.3, -0.25) is 4.40 Å². The second kappa shape index (κ2) is 4.73. The van der Waals surface area contributed by atoms with Crippen LogP contribution in [-0.4, -0.2) is 21.7 Å². The lowest BCUT2D eigenvalue weighted by molar-refractivity contribution is 0.416. The smallest absolute Gasteiger partial charge is 0.216 e. The molecule has 6 heteroatoms. The maximum absolute atomic E-state index is 5.92. The summed E-state index contributed by atoms with van der Waals surface area (Å²) in [5.74, 6) is 1.50. The standard InChI is InChI=1S/C15H18N4OS/c1-15(2,3)12-8-21-14-18-17-13(19(12)14)10-7-9(16)5-6-11(10)20-4/h5-8H,16H2,1-4H3. The van der Waals surface area contributed by atoms with Crippen LogP contribution in [0.5, 0.6) is 5.75 Å². The van der Waals surface area contributed by atoms with Crippen molar-refractivity contribution in [3.05, 3.63) is 29.3 Å². The Hall–Kier alpha value is -2.08. The topological polar surface area (TPSA) is 65.4 Å². The molecule has 110 valence electrons. The molecule has 0 saturated heterocycles. The van der Waals surface area contributed by atoms with E-state index >= 15 is 0 Å². The third kappa shape index (κ3) is 2.25. The molecule has 2 N–H and O–H groups in total. The molecule has 0 aliphatic carbocycles. The summed E-state index contributed by atoms with van der Waals surface area (Å²) < 4.78 is 7.53. The van der Waals surface area contributed by atoms with Gasteiger partial charge in [0.2, 0.25) is 4.96 Å². The molecule has 0 fully saturated rings. The van der Waals surface area contributed by atoms with Gasteiger partial charge in [-0.2, -0.15) is 0 Å². The van der Waals surface area contributed by atoms with Crippen LogP contribution in [0.3, 0.4) is 0 Å². The van der Waals surface area contributed by atoms with E-state index in [2.05, 4.69) is 40.7 Å². The van der Waals surface area contributed by atoms with Gasteiger partial charge in [-0.05, 0) is 18.2 Å². The summed E-state index contributed by atoms with van der Waals surface area (Å²) in [5.41, 5.74) is 8.63. The summed E-state index contributed by atoms with van der Waals surface area (Å²) in [6.45, 7) is 6.53. The summed E-state index contributed by atoms with van der Waals surface area (Å²) in [6, 6.07) is 5.55. The van der Waals surface area contributed by atoms with Gasteiger partial charge in [0.15, 0.2) is 5.82 Å². The molecule has 2 aromatic heterocycles. The summed E-state index contributed by atoms with van der Waals surface area (Å²) in [7, 11) is 1.64. The molecule has 0 atom stereocenters. The number of nitrogen functional groups attached to an aromatic ring is 1. The summed E-state index contributed by atoms with van der Waals surface area (Å²) in [4.78, 5) is 0.874. The second-order valence-electron chi connectivity index (χ2n) is 5.97. The lowest BCUT2D eigenvalue weighted by atomic mass is 9.93. The third-order valence-electron chi connectivity index (χ3n) is 3.38. The zero-order valence-corrected chi connectivity index (χ0v) is 13.4. The molecule has 5 nitrogen and oxygen atoms in total. The van der Waals surface area contributed by atoms with Crippen LogP contribution in [0.4, 0.5) is 5.69 Å². The highest BCUT2D eigenvalue weighted by Gasteiger charge is 2.23. The van der Waals surface area contributed by atoms with Gasteiger partial charge in [-0.25, -0.2) is 0 Å². The van der Waals surface area contributed by atoms with E-state index in [1.54, 1.807) is 18.4 Å². The molecule has 0 aliphatic rings. The number of hydrogen-bond donors (Lipinski definition) is 1. The van der Waals surface area contributed by atoms with Gasteiger partial charge < -0.3 is 10.5 Å². The number of methoxy groups -OCH3 is 1. The molecule has 2 heterocycles. The van der Waals surface area contributed by atoms with Gasteiger partial charge >= 0.3 is 0 Å². The number of nitrogens with two attached hydrogens (primary N) is 1. The Morgan fingerprint density at radius 2 is 2.00 bits per heavy atom. The zero-order valence-electron chi connectivity index (χ0n) is 12.5. The lowest BCUT2D eigenvalue weighted by Crippen LogP contribution is -2.14. The van der Waals surface area contributed by atoms with Crippen molar-refractivity contribution in [3.63, 3.8) is 0 Å². The molecule has 1 aromatic carbocycles. The Kier molecular flexibility index (Phi) is 3.13. The van der Waals surface area contributed by atoms with E-state index in [0.717, 1.165) is 22.1 Å². The average molecular weight is 302 g/mol. The molecule has 0 radical (unpaired) electrons. The Bertz CT molecular complexity index is 798. The van der Waals surface area contributed by atoms with Gasteiger partial charge in [-0.1, -0.05) is 20.8 Å². The van der Waals surface area contributed by atoms with Crippen molar-refractivity contribution in [2.45, 2.75) is 26.2 Å². The molecule has 0 amide bonds. The van der Waals surface area contributed by atoms with Crippen molar-refractivity contribution < 1.29 is 4.74 Å². The molecular weight excluding hydrogens is 284 g/mol. The number of ether oxygens (including phenoxy) is 1. The number of nitrogens with zero attached hydrogens (tertiary/aromatic N) is 3. The first-order valence-electron chi connectivity index (χ1n) is 6.69. The number of anilines is 1. The third-order valence-corrected chi connectivity index (χ3v) is 4.20. The van der Waals surface area contributed by atoms with E-state index < -0.39 is 0 Å². The maximum Gasteiger partial charge on any atom is 0.216 e. The lowest BCUT2D eigenvalue weighted by Gasteiger charge is -2.18. The minimum atomic E-state index is 0.00292. The van der Waals surface area contributed by atoms with Crippen LogP contribution in [0.25, 0.3) is 16.3 Å². The summed E-state index contributed by atoms with van der Waals surface area (Å²) >= 11 is 1.59. The first kappa shape index (κ1) is 13.9. The predicted octanol–water partition coefficient (Wildman–Crippen LogP) is 3.35. The van der Waals surface area contributed by atoms with Gasteiger partial charge in [0.1, 0.15) is 5.75 Å². The number of thiazole rings is 1. The number of fused-ring (bicyclic) bond motifs is 1. The molecule has 3 rings (SSSR count). The minimum absolute atomic E-state index is 0.00292. The first-order chi connectivity index (χ1) is 9.91. The van der Waals surface area contributed by atoms with Gasteiger partial charge in [0, 0.05) is 22.2 Å². The van der Waals surface area contributed by atoms with Crippen molar-refractivity contribution >= 4 is 22.0 Å². The van der Waals surface area contributed by atoms with Crippen molar-refractivity contribution in [2.75, 3.05) is 12.8 Å². The highest BCUT2D eigenvalue weighted by molar-refractivity contribution is 7.15. The fourth-order valence-electron chi connectivity index (χ4n) is 2.31. The summed E-state index contributed by atoms with van der Waals surface area (Å²) in [5, 5.41) is 10.7. The molecular formula is C15H18N4OS. The molecule has 0 spiro atoms. The van der Waals surface area contributed by atoms with Gasteiger partial charge in [0.05, 0.1) is 12.7 Å². The van der Waals surface area contributed by atoms with E-state index in [9.17, 15) is 0 Å². The van der Waals surface area contributed by atoms with Crippen molar-refractivity contribution in [3.8, 4) is 17.1 Å². The average Bonchev–Trinajstić information content (AvgIpc) is 2.98. The van der Waals surface area contributed by atoms with E-state index in [0.29, 0.717) is 5.69 Å². The van der Waals surface area contributed by atoms with Crippen molar-refractivity contribution in [1.82, 2.24) is 14.6 Å². The van der Waals surface area contributed by atoms with E-state index in [-0.39, 0.29) is 5.41 Å². The number of rotatable bonds is 2. The largest absolute Gasteiger partial charge is 0.496 e. The Morgan fingerprint density at radius 3 is 2.67 bits per heavy atom. The fraction of sp³-hybridized carbons (Fsp3) is 0.333. The second-order valence-corrected chi connectivity index (χ2v) is 6.81. The van der Waals surface area contributed by atoms with Crippen LogP contribution in [0.15, 0.2) is 23.6 Å². The molecule has 0 unspecified atom stereocenters. The van der Waals surface area contributed by atoms with Crippen LogP contribution < -0.4 is 10.5 Å². The zero-order chi connectivity index (χ0) is 15.2. The van der Waals surface area contributed by atoms with Gasteiger partial charge in [0.25, 0.3) is 0 Å². The maximum atomic E-state index is 5.92. The molecule has 21 heavy (non-hydrogen) atoms. The van der Waals surface area contributed by atoms with Crippen LogP contribution >= 0.6 is 11.3 Å². The molecule has 3 aromatic rings. The highest BCUT2D eigenvalue weighted by atomic mass is 32.1. The number of aromatic nitrogens is 3. The van der Waals surface area contributed by atoms with Crippen LogP contribution in [0.2, 0.25) is 0 Å². The fourth-order valence-corrected chi connectivity index (χ4v) is 3.37. The highest BCUT2D eigenvalue weighted by Crippen LogP contribution is 2.35. The predicted molar refractivity (Wildman–Crippen MR) is 86.0 cm³/mol. The molecule has 0 saturated carbocycles. The van der Waals surface area contributed by atoms with Gasteiger partial charge in [-0.15, -0.1) is 21.5 Å². The van der Waals surface area contributed by atoms with Crippen LogP contribution in [0, 0.1) is 0 Å². The normalized spacial score (nSPS) is 12.0. The number of benzene rings is 1. The SMILES string of the molecule is COc1ccc(N)cc1-c1nnc2scc(C(C)(C)C)n12. The Morgan fingerprint density at radius 1 is 1.24 bits per heavy atom. The Labute approximate surface area is 127 Å². The van der Waals surface area contributed by atoms with Crippen LogP contribution in [0.1, 0.15) is 26.5 Å². The number of hydrogen-bond acceptors (Lipinski definition) is 5. The van der Waals surface area contributed by atoms with E-state index in [1.165, 1.54) is 5.69 Å². The quantitative estimate of drug-likeness (QED) is 0.737. The molecule has 0 bridgehead atoms. The minimum Gasteiger partial charge on any atom is -0.496 e. The summed E-state index contributed by atoms with van der Waals surface area (Å²) in [6.07, 6.45) is 0. The van der Waals surface area contributed by atoms with E-state index in [4.69, 9.17) is 10.5 Å². The van der Waals surface area contributed by atoms with Crippen LogP contribution in [-0.2, 0) is 5.41 Å². The van der Waals surface area contributed by atoms with Crippen molar-refractivity contribution in [1.29, 1.82) is 0 Å².